The molecule has 0 aliphatic carbocycles. The van der Waals surface area contributed by atoms with E-state index in [1.54, 1.807) is 30.7 Å². The number of nitrogens with zero attached hydrogens (tertiary/aromatic N) is 2. The van der Waals surface area contributed by atoms with Gasteiger partial charge in [-0.1, -0.05) is 36.1 Å². The monoisotopic (exact) mass is 389 g/mol. The second-order valence-corrected chi connectivity index (χ2v) is 6.90. The van der Waals surface area contributed by atoms with Gasteiger partial charge in [-0.3, -0.25) is 0 Å². The zero-order valence-corrected chi connectivity index (χ0v) is 16.4. The summed E-state index contributed by atoms with van der Waals surface area (Å²) in [5, 5.41) is 7.51. The van der Waals surface area contributed by atoms with Crippen LogP contribution in [0.25, 0.3) is 0 Å². The lowest BCUT2D eigenvalue weighted by Crippen LogP contribution is -2.37. The standard InChI is InChI=1S/C24H24FN3O/c1-19-5-4-6-20(15-19)9-10-21(16-26)17-27-18-28-13-11-22(12-14-28)29-24-8-3-2-7-23(24)25/h2-8,15-18,22,26H,11-14H2,1H3/b21-17-,26-16?,27-18?. The van der Waals surface area contributed by atoms with Crippen LogP contribution in [-0.4, -0.2) is 36.6 Å². The number of nitrogens with one attached hydrogen (secondary N) is 1. The third kappa shape index (κ3) is 6.32. The molecule has 0 radical (unpaired) electrons. The first-order valence-corrected chi connectivity index (χ1v) is 9.62. The highest BCUT2D eigenvalue weighted by Gasteiger charge is 2.19. The van der Waals surface area contributed by atoms with E-state index in [9.17, 15) is 4.39 Å². The van der Waals surface area contributed by atoms with Crippen LogP contribution in [0.2, 0.25) is 0 Å². The fourth-order valence-corrected chi connectivity index (χ4v) is 3.01. The number of hydrogen-bond acceptors (Lipinski definition) is 3. The zero-order valence-electron chi connectivity index (χ0n) is 16.4. The molecule has 0 unspecified atom stereocenters. The van der Waals surface area contributed by atoms with Crippen molar-refractivity contribution in [3.63, 3.8) is 0 Å². The Balaban J connectivity index is 1.51. The van der Waals surface area contributed by atoms with E-state index >= 15 is 0 Å². The SMILES string of the molecule is Cc1cccc(C#C/C(C=N)=C/N=CN2CCC(Oc3ccccc3F)CC2)c1. The number of ether oxygens (including phenoxy) is 1. The van der Waals surface area contributed by atoms with Gasteiger partial charge in [-0.15, -0.1) is 0 Å². The van der Waals surface area contributed by atoms with Crippen molar-refractivity contribution < 1.29 is 9.13 Å². The molecule has 2 aromatic rings. The van der Waals surface area contributed by atoms with E-state index in [0.29, 0.717) is 11.3 Å². The highest BCUT2D eigenvalue weighted by atomic mass is 19.1. The van der Waals surface area contributed by atoms with Gasteiger partial charge in [0.25, 0.3) is 0 Å². The summed E-state index contributed by atoms with van der Waals surface area (Å²) in [5.74, 6) is 6.01. The lowest BCUT2D eigenvalue weighted by molar-refractivity contribution is 0.128. The van der Waals surface area contributed by atoms with Gasteiger partial charge in [0.2, 0.25) is 0 Å². The summed E-state index contributed by atoms with van der Waals surface area (Å²) in [5.41, 5.74) is 2.61. The second kappa shape index (κ2) is 10.2. The minimum atomic E-state index is -0.326. The Labute approximate surface area is 171 Å². The number of para-hydroxylation sites is 1. The summed E-state index contributed by atoms with van der Waals surface area (Å²) in [6.45, 7) is 3.59. The Morgan fingerprint density at radius 2 is 2.00 bits per heavy atom. The topological polar surface area (TPSA) is 48.7 Å². The molecule has 0 spiro atoms. The maximum Gasteiger partial charge on any atom is 0.165 e. The number of rotatable bonds is 5. The van der Waals surface area contributed by atoms with Gasteiger partial charge in [0.05, 0.1) is 11.9 Å². The molecule has 29 heavy (non-hydrogen) atoms. The molecular formula is C24H24FN3O. The third-order valence-electron chi connectivity index (χ3n) is 4.58. The van der Waals surface area contributed by atoms with Gasteiger partial charge < -0.3 is 15.0 Å². The number of allylic oxidation sites excluding steroid dienone is 1. The van der Waals surface area contributed by atoms with Gasteiger partial charge in [-0.2, -0.15) is 0 Å². The molecule has 0 aromatic heterocycles. The summed E-state index contributed by atoms with van der Waals surface area (Å²) in [4.78, 5) is 6.39. The van der Waals surface area contributed by atoms with Crippen LogP contribution in [-0.2, 0) is 0 Å². The Hall–Kier alpha value is -3.39. The number of likely N-dealkylation sites (tertiary alicyclic amines) is 1. The smallest absolute Gasteiger partial charge is 0.165 e. The molecule has 1 saturated heterocycles. The minimum Gasteiger partial charge on any atom is -0.487 e. The van der Waals surface area contributed by atoms with Crippen LogP contribution in [0.3, 0.4) is 0 Å². The number of hydrogen-bond donors (Lipinski definition) is 1. The summed E-state index contributed by atoms with van der Waals surface area (Å²) in [6.07, 6.45) is 6.16. The first-order chi connectivity index (χ1) is 14.1. The molecule has 4 nitrogen and oxygen atoms in total. The first-order valence-electron chi connectivity index (χ1n) is 9.62. The number of benzene rings is 2. The molecule has 1 heterocycles. The van der Waals surface area contributed by atoms with E-state index < -0.39 is 0 Å². The van der Waals surface area contributed by atoms with Crippen LogP contribution in [0.1, 0.15) is 24.0 Å². The number of aryl methyl sites for hydroxylation is 1. The van der Waals surface area contributed by atoms with E-state index in [0.717, 1.165) is 37.1 Å². The molecule has 0 atom stereocenters. The zero-order chi connectivity index (χ0) is 20.5. The van der Waals surface area contributed by atoms with E-state index in [-0.39, 0.29) is 11.9 Å². The highest BCUT2D eigenvalue weighted by Crippen LogP contribution is 2.21. The molecule has 0 amide bonds. The predicted molar refractivity (Wildman–Crippen MR) is 115 cm³/mol. The van der Waals surface area contributed by atoms with Crippen LogP contribution in [0.4, 0.5) is 4.39 Å². The van der Waals surface area contributed by atoms with Crippen molar-refractivity contribution in [2.75, 3.05) is 13.1 Å². The van der Waals surface area contributed by atoms with Gasteiger partial charge in [0.15, 0.2) is 11.6 Å². The number of piperidine rings is 1. The van der Waals surface area contributed by atoms with Crippen molar-refractivity contribution in [3.8, 4) is 17.6 Å². The van der Waals surface area contributed by atoms with E-state index in [2.05, 4.69) is 21.7 Å². The summed E-state index contributed by atoms with van der Waals surface area (Å²) < 4.78 is 19.5. The van der Waals surface area contributed by atoms with Crippen molar-refractivity contribution in [2.24, 2.45) is 4.99 Å². The molecule has 0 saturated carbocycles. The molecule has 0 bridgehead atoms. The molecule has 1 N–H and O–H groups in total. The molecule has 1 aliphatic heterocycles. The van der Waals surface area contributed by atoms with Gasteiger partial charge >= 0.3 is 0 Å². The van der Waals surface area contributed by atoms with E-state index in [1.807, 2.05) is 31.2 Å². The van der Waals surface area contributed by atoms with Crippen LogP contribution in [0.5, 0.6) is 5.75 Å². The van der Waals surface area contributed by atoms with Crippen molar-refractivity contribution >= 4 is 12.6 Å². The number of halogens is 1. The van der Waals surface area contributed by atoms with E-state index in [4.69, 9.17) is 10.1 Å². The predicted octanol–water partition coefficient (Wildman–Crippen LogP) is 4.59. The van der Waals surface area contributed by atoms with Crippen molar-refractivity contribution in [1.29, 1.82) is 5.41 Å². The Morgan fingerprint density at radius 1 is 1.21 bits per heavy atom. The van der Waals surface area contributed by atoms with Crippen molar-refractivity contribution in [2.45, 2.75) is 25.9 Å². The van der Waals surface area contributed by atoms with Crippen LogP contribution in [0, 0.1) is 30.0 Å². The fourth-order valence-electron chi connectivity index (χ4n) is 3.01. The highest BCUT2D eigenvalue weighted by molar-refractivity contribution is 5.82. The van der Waals surface area contributed by atoms with Crippen LogP contribution >= 0.6 is 0 Å². The lowest BCUT2D eigenvalue weighted by Gasteiger charge is -2.30. The average molecular weight is 389 g/mol. The molecule has 1 aliphatic rings. The maximum absolute atomic E-state index is 13.7. The molecule has 5 heteroatoms. The third-order valence-corrected chi connectivity index (χ3v) is 4.58. The van der Waals surface area contributed by atoms with Gasteiger partial charge in [-0.05, 0) is 36.8 Å². The molecule has 3 rings (SSSR count). The molecule has 2 aromatic carbocycles. The number of aliphatic imine (C=N–C) groups is 1. The lowest BCUT2D eigenvalue weighted by atomic mass is 10.1. The minimum absolute atomic E-state index is 0.00410. The first kappa shape index (κ1) is 20.3. The van der Waals surface area contributed by atoms with Crippen molar-refractivity contribution in [3.05, 3.63) is 77.2 Å². The maximum atomic E-state index is 13.7. The summed E-state index contributed by atoms with van der Waals surface area (Å²) >= 11 is 0. The average Bonchev–Trinajstić information content (AvgIpc) is 2.73. The molecule has 1 fully saturated rings. The summed E-state index contributed by atoms with van der Waals surface area (Å²) in [7, 11) is 0. The van der Waals surface area contributed by atoms with E-state index in [1.165, 1.54) is 12.3 Å². The molecular weight excluding hydrogens is 365 g/mol. The molecule has 148 valence electrons. The summed E-state index contributed by atoms with van der Waals surface area (Å²) in [6, 6.07) is 14.4. The van der Waals surface area contributed by atoms with Crippen molar-refractivity contribution in [1.82, 2.24) is 4.90 Å². The quantitative estimate of drug-likeness (QED) is 0.462. The van der Waals surface area contributed by atoms with Gasteiger partial charge in [0.1, 0.15) is 6.10 Å². The van der Waals surface area contributed by atoms with Crippen LogP contribution < -0.4 is 4.74 Å². The Bertz CT molecular complexity index is 963. The van der Waals surface area contributed by atoms with Gasteiger partial charge in [0, 0.05) is 43.9 Å². The Morgan fingerprint density at radius 3 is 2.72 bits per heavy atom. The fraction of sp³-hybridized carbons (Fsp3) is 0.250. The second-order valence-electron chi connectivity index (χ2n) is 6.90. The van der Waals surface area contributed by atoms with Gasteiger partial charge in [-0.25, -0.2) is 9.38 Å². The largest absolute Gasteiger partial charge is 0.487 e. The van der Waals surface area contributed by atoms with Crippen LogP contribution in [0.15, 0.2) is 65.3 Å². The Kier molecular flexibility index (Phi) is 7.18. The normalized spacial score (nSPS) is 15.1.